The Bertz CT molecular complexity index is 785. The summed E-state index contributed by atoms with van der Waals surface area (Å²) in [6.45, 7) is 3.05. The topological polar surface area (TPSA) is 95.9 Å². The van der Waals surface area contributed by atoms with Crippen molar-refractivity contribution in [3.05, 3.63) is 29.8 Å². The standard InChI is InChI=1S/C17H24F2N2O5S/c1-4-17(18,19)12-5-7-13(8-6-12)21-10-14(26-11-21)9-16(2,15(22)20-23)27(3,24)25/h5-8,14,23H,4,9-11H2,1-3H3,(H,20,22)/t14-,16+/m0/s1. The summed E-state index contributed by atoms with van der Waals surface area (Å²) in [5.74, 6) is -3.92. The average Bonchev–Trinajstić information content (AvgIpc) is 3.08. The molecule has 2 rings (SSSR count). The van der Waals surface area contributed by atoms with Gasteiger partial charge in [-0.2, -0.15) is 0 Å². The first-order chi connectivity index (χ1) is 12.4. The number of alkyl halides is 2. The molecule has 7 nitrogen and oxygen atoms in total. The summed E-state index contributed by atoms with van der Waals surface area (Å²) in [5, 5.41) is 8.87. The molecule has 10 heteroatoms. The van der Waals surface area contributed by atoms with Crippen LogP contribution in [0, 0.1) is 0 Å². The highest BCUT2D eigenvalue weighted by Crippen LogP contribution is 2.33. The monoisotopic (exact) mass is 406 g/mol. The van der Waals surface area contributed by atoms with Gasteiger partial charge < -0.3 is 9.64 Å². The van der Waals surface area contributed by atoms with Crippen molar-refractivity contribution < 1.29 is 31.9 Å². The molecule has 1 fully saturated rings. The normalized spacial score (nSPS) is 20.4. The number of benzene rings is 1. The minimum atomic E-state index is -3.82. The first kappa shape index (κ1) is 21.5. The summed E-state index contributed by atoms with van der Waals surface area (Å²) >= 11 is 0. The van der Waals surface area contributed by atoms with Gasteiger partial charge in [-0.15, -0.1) is 0 Å². The van der Waals surface area contributed by atoms with Crippen LogP contribution in [0.15, 0.2) is 24.3 Å². The average molecular weight is 406 g/mol. The number of carbonyl (C=O) groups is 1. The maximum absolute atomic E-state index is 13.7. The lowest BCUT2D eigenvalue weighted by Crippen LogP contribution is -2.51. The van der Waals surface area contributed by atoms with E-state index in [-0.39, 0.29) is 31.7 Å². The van der Waals surface area contributed by atoms with E-state index in [9.17, 15) is 22.0 Å². The first-order valence-corrected chi connectivity index (χ1v) is 10.3. The second-order valence-electron chi connectivity index (χ2n) is 6.89. The Morgan fingerprint density at radius 3 is 2.44 bits per heavy atom. The molecular weight excluding hydrogens is 382 g/mol. The lowest BCUT2D eigenvalue weighted by molar-refractivity contribution is -0.132. The largest absolute Gasteiger partial charge is 0.356 e. The molecule has 0 bridgehead atoms. The maximum atomic E-state index is 13.7. The number of nitrogens with one attached hydrogen (secondary N) is 1. The molecule has 1 aliphatic heterocycles. The number of hydrogen-bond donors (Lipinski definition) is 2. The number of ether oxygens (including phenoxy) is 1. The Balaban J connectivity index is 2.11. The molecule has 1 aromatic carbocycles. The molecule has 0 saturated carbocycles. The second-order valence-corrected chi connectivity index (χ2v) is 9.34. The van der Waals surface area contributed by atoms with Crippen LogP contribution in [0.3, 0.4) is 0 Å². The van der Waals surface area contributed by atoms with Gasteiger partial charge in [0.15, 0.2) is 14.6 Å². The SMILES string of the molecule is CCC(F)(F)c1ccc(N2CO[C@@H](C[C@](C)(C(=O)NO)S(C)(=O)=O)C2)cc1. The Morgan fingerprint density at radius 1 is 1.37 bits per heavy atom. The van der Waals surface area contributed by atoms with Crippen molar-refractivity contribution in [3.63, 3.8) is 0 Å². The van der Waals surface area contributed by atoms with Crippen LogP contribution in [0.1, 0.15) is 32.3 Å². The van der Waals surface area contributed by atoms with Gasteiger partial charge in [0, 0.05) is 36.9 Å². The summed E-state index contributed by atoms with van der Waals surface area (Å²) in [6.07, 6.45) is -0.112. The number of sulfone groups is 1. The van der Waals surface area contributed by atoms with Crippen LogP contribution in [-0.2, 0) is 25.3 Å². The second kappa shape index (κ2) is 7.69. The van der Waals surface area contributed by atoms with Crippen molar-refractivity contribution in [2.45, 2.75) is 43.5 Å². The highest BCUT2D eigenvalue weighted by molar-refractivity contribution is 7.92. The van der Waals surface area contributed by atoms with Crippen LogP contribution in [0.4, 0.5) is 14.5 Å². The number of hydroxylamine groups is 1. The van der Waals surface area contributed by atoms with E-state index in [4.69, 9.17) is 9.94 Å². The predicted molar refractivity (Wildman–Crippen MR) is 95.5 cm³/mol. The third-order valence-corrected chi connectivity index (χ3v) is 7.00. The molecular formula is C17H24F2N2O5S. The molecule has 1 saturated heterocycles. The summed E-state index contributed by atoms with van der Waals surface area (Å²) in [6, 6.07) is 5.82. The van der Waals surface area contributed by atoms with Crippen LogP contribution < -0.4 is 10.4 Å². The number of hydrogen-bond acceptors (Lipinski definition) is 6. The Kier molecular flexibility index (Phi) is 6.13. The first-order valence-electron chi connectivity index (χ1n) is 8.43. The molecule has 2 N–H and O–H groups in total. The molecule has 0 unspecified atom stereocenters. The third-order valence-electron chi connectivity index (χ3n) is 5.01. The van der Waals surface area contributed by atoms with E-state index >= 15 is 0 Å². The van der Waals surface area contributed by atoms with Crippen molar-refractivity contribution in [2.75, 3.05) is 24.4 Å². The molecule has 0 spiro atoms. The van der Waals surface area contributed by atoms with Gasteiger partial charge in [-0.3, -0.25) is 10.0 Å². The maximum Gasteiger partial charge on any atom is 0.273 e. The van der Waals surface area contributed by atoms with Crippen LogP contribution in [-0.4, -0.2) is 49.9 Å². The van der Waals surface area contributed by atoms with Gasteiger partial charge in [0.25, 0.3) is 11.8 Å². The van der Waals surface area contributed by atoms with Gasteiger partial charge >= 0.3 is 0 Å². The van der Waals surface area contributed by atoms with Crippen molar-refractivity contribution in [3.8, 4) is 0 Å². The Labute approximate surface area is 157 Å². The fourth-order valence-corrected chi connectivity index (χ4v) is 3.81. The van der Waals surface area contributed by atoms with Gasteiger partial charge in [-0.05, 0) is 19.1 Å². The number of carbonyl (C=O) groups excluding carboxylic acids is 1. The number of rotatable bonds is 7. The summed E-state index contributed by atoms with van der Waals surface area (Å²) in [7, 11) is -3.82. The van der Waals surface area contributed by atoms with Gasteiger partial charge in [-0.25, -0.2) is 22.7 Å². The molecule has 1 amide bonds. The molecule has 27 heavy (non-hydrogen) atoms. The van der Waals surface area contributed by atoms with Gasteiger partial charge in [0.1, 0.15) is 6.73 Å². The van der Waals surface area contributed by atoms with Crippen LogP contribution in [0.2, 0.25) is 0 Å². The van der Waals surface area contributed by atoms with E-state index in [1.807, 2.05) is 0 Å². The van der Waals surface area contributed by atoms with Crippen molar-refractivity contribution >= 4 is 21.4 Å². The fraction of sp³-hybridized carbons (Fsp3) is 0.588. The number of halogens is 2. The minimum absolute atomic E-state index is 0.0744. The Morgan fingerprint density at radius 2 is 1.96 bits per heavy atom. The van der Waals surface area contributed by atoms with Gasteiger partial charge in [0.05, 0.1) is 6.10 Å². The van der Waals surface area contributed by atoms with E-state index in [1.165, 1.54) is 31.5 Å². The Hall–Kier alpha value is -1.78. The van der Waals surface area contributed by atoms with Crippen LogP contribution >= 0.6 is 0 Å². The highest BCUT2D eigenvalue weighted by atomic mass is 32.2. The van der Waals surface area contributed by atoms with E-state index in [0.717, 1.165) is 6.26 Å². The zero-order valence-corrected chi connectivity index (χ0v) is 16.2. The quantitative estimate of drug-likeness (QED) is 0.532. The smallest absolute Gasteiger partial charge is 0.273 e. The molecule has 1 aromatic rings. The fourth-order valence-electron chi connectivity index (χ4n) is 2.94. The zero-order valence-electron chi connectivity index (χ0n) is 15.4. The lowest BCUT2D eigenvalue weighted by atomic mass is 10.0. The molecule has 152 valence electrons. The predicted octanol–water partition coefficient (Wildman–Crippen LogP) is 2.05. The van der Waals surface area contributed by atoms with Gasteiger partial charge in [-0.1, -0.05) is 19.1 Å². The summed E-state index contributed by atoms with van der Waals surface area (Å²) < 4.78 is 55.2. The molecule has 2 atom stereocenters. The third kappa shape index (κ3) is 4.39. The number of amides is 1. The zero-order chi connectivity index (χ0) is 20.5. The number of anilines is 1. The summed E-state index contributed by atoms with van der Waals surface area (Å²) in [4.78, 5) is 13.7. The van der Waals surface area contributed by atoms with Crippen LogP contribution in [0.25, 0.3) is 0 Å². The molecule has 0 aliphatic carbocycles. The lowest BCUT2D eigenvalue weighted by Gasteiger charge is -2.27. The van der Waals surface area contributed by atoms with E-state index < -0.39 is 32.5 Å². The van der Waals surface area contributed by atoms with Gasteiger partial charge in [0.2, 0.25) is 0 Å². The molecule has 0 aromatic heterocycles. The summed E-state index contributed by atoms with van der Waals surface area (Å²) in [5.41, 5.74) is 1.98. The van der Waals surface area contributed by atoms with E-state index in [0.29, 0.717) is 5.69 Å². The number of nitrogens with zero attached hydrogens (tertiary/aromatic N) is 1. The minimum Gasteiger partial charge on any atom is -0.356 e. The molecule has 0 radical (unpaired) electrons. The van der Waals surface area contributed by atoms with Crippen LogP contribution in [0.5, 0.6) is 0 Å². The van der Waals surface area contributed by atoms with Crippen molar-refractivity contribution in [1.82, 2.24) is 5.48 Å². The molecule has 1 aliphatic rings. The van der Waals surface area contributed by atoms with Crippen molar-refractivity contribution in [2.24, 2.45) is 0 Å². The highest BCUT2D eigenvalue weighted by Gasteiger charge is 2.46. The molecule has 1 heterocycles. The van der Waals surface area contributed by atoms with E-state index in [1.54, 1.807) is 17.0 Å². The van der Waals surface area contributed by atoms with Crippen molar-refractivity contribution in [1.29, 1.82) is 0 Å². The van der Waals surface area contributed by atoms with E-state index in [2.05, 4.69) is 0 Å².